The number of hydrogen-bond donors (Lipinski definition) is 6. The van der Waals surface area contributed by atoms with Gasteiger partial charge in [-0.1, -0.05) is 0 Å². The number of nitrogen functional groups attached to an aromatic ring is 2. The quantitative estimate of drug-likeness (QED) is 0.371. The molecule has 8 nitrogen and oxygen atoms in total. The van der Waals surface area contributed by atoms with E-state index in [1.54, 1.807) is 12.1 Å². The Bertz CT molecular complexity index is 1180. The summed E-state index contributed by atoms with van der Waals surface area (Å²) in [4.78, 5) is 8.19. The van der Waals surface area contributed by atoms with Crippen LogP contribution in [-0.4, -0.2) is 20.2 Å². The molecule has 1 aromatic heterocycles. The van der Waals surface area contributed by atoms with E-state index >= 15 is 0 Å². The first-order valence-electron chi connectivity index (χ1n) is 9.25. The lowest BCUT2D eigenvalue weighted by atomic mass is 10.1. The fraction of sp³-hybridized carbons (Fsp3) is 0.200. The first-order chi connectivity index (χ1) is 13.9. The van der Waals surface area contributed by atoms with Crippen LogP contribution >= 0.6 is 0 Å². The van der Waals surface area contributed by atoms with Gasteiger partial charge >= 0.3 is 0 Å². The summed E-state index contributed by atoms with van der Waals surface area (Å²) in [7, 11) is 0. The molecule has 0 aliphatic heterocycles. The van der Waals surface area contributed by atoms with Crippen LogP contribution in [0.4, 0.5) is 38.9 Å². The Kier molecular flexibility index (Phi) is 3.67. The number of phenols is 2. The van der Waals surface area contributed by atoms with Crippen molar-refractivity contribution in [1.82, 2.24) is 9.97 Å². The number of nitrogens with two attached hydrogens (primary N) is 2. The number of halogens is 1. The Hall–Kier alpha value is -3.75. The summed E-state index contributed by atoms with van der Waals surface area (Å²) in [5, 5.41) is 26.4. The zero-order valence-corrected chi connectivity index (χ0v) is 15.4. The lowest BCUT2D eigenvalue weighted by molar-refractivity contribution is 0.471. The van der Waals surface area contributed by atoms with Crippen molar-refractivity contribution in [2.24, 2.45) is 0 Å². The number of aromatic nitrogens is 2. The van der Waals surface area contributed by atoms with Crippen LogP contribution in [0, 0.1) is 5.82 Å². The van der Waals surface area contributed by atoms with Gasteiger partial charge in [0.2, 0.25) is 5.95 Å². The summed E-state index contributed by atoms with van der Waals surface area (Å²) < 4.78 is 14.4. The molecule has 0 fully saturated rings. The normalized spacial score (nSPS) is 13.7. The molecule has 3 aromatic rings. The molecule has 148 valence electrons. The summed E-state index contributed by atoms with van der Waals surface area (Å²) in [6.07, 6.45) is 3.65. The first-order valence-corrected chi connectivity index (χ1v) is 9.25. The lowest BCUT2D eigenvalue weighted by Crippen LogP contribution is -2.05. The third-order valence-corrected chi connectivity index (χ3v) is 5.58. The Balaban J connectivity index is 1.47. The van der Waals surface area contributed by atoms with Crippen molar-refractivity contribution in [3.8, 4) is 11.5 Å². The van der Waals surface area contributed by atoms with Crippen molar-refractivity contribution in [2.75, 3.05) is 22.1 Å². The maximum Gasteiger partial charge on any atom is 0.229 e. The van der Waals surface area contributed by atoms with Crippen LogP contribution < -0.4 is 22.1 Å². The molecule has 8 N–H and O–H groups in total. The van der Waals surface area contributed by atoms with Gasteiger partial charge in [0.1, 0.15) is 11.5 Å². The molecular weight excluding hydrogens is 375 g/mol. The highest BCUT2D eigenvalue weighted by Crippen LogP contribution is 2.43. The van der Waals surface area contributed by atoms with Gasteiger partial charge in [0, 0.05) is 45.0 Å². The van der Waals surface area contributed by atoms with Crippen LogP contribution in [0.15, 0.2) is 18.3 Å². The molecule has 9 heteroatoms. The van der Waals surface area contributed by atoms with Crippen LogP contribution in [0.2, 0.25) is 0 Å². The van der Waals surface area contributed by atoms with Gasteiger partial charge in [-0.3, -0.25) is 0 Å². The Morgan fingerprint density at radius 1 is 0.828 bits per heavy atom. The van der Waals surface area contributed by atoms with Crippen molar-refractivity contribution < 1.29 is 14.6 Å². The topological polar surface area (TPSA) is 142 Å². The molecule has 0 saturated carbocycles. The van der Waals surface area contributed by atoms with Crippen molar-refractivity contribution in [3.05, 3.63) is 46.4 Å². The molecule has 0 spiro atoms. The standard InChI is InChI=1S/C20H19FN6O2/c21-12-7-24-20(26-16-6-14(23)9-2-4-11(16)18(9)29)27-19(12)25-15-5-13(22)8-1-3-10(15)17(8)28/h5-7,28-29H,1-4,22-23H2,(H2,24,25,26,27). The molecule has 2 aliphatic rings. The maximum absolute atomic E-state index is 14.4. The number of anilines is 6. The molecular formula is C20H19FN6O2. The number of aromatic hydroxyl groups is 2. The van der Waals surface area contributed by atoms with Crippen LogP contribution in [0.25, 0.3) is 0 Å². The minimum Gasteiger partial charge on any atom is -0.507 e. The third-order valence-electron chi connectivity index (χ3n) is 5.58. The number of benzene rings is 2. The summed E-state index contributed by atoms with van der Waals surface area (Å²) in [6, 6.07) is 3.39. The average molecular weight is 394 g/mol. The van der Waals surface area contributed by atoms with Gasteiger partial charge in [-0.05, 0) is 37.8 Å². The van der Waals surface area contributed by atoms with E-state index in [-0.39, 0.29) is 23.3 Å². The van der Waals surface area contributed by atoms with Crippen molar-refractivity contribution in [1.29, 1.82) is 0 Å². The molecule has 1 heterocycles. The predicted molar refractivity (Wildman–Crippen MR) is 108 cm³/mol. The number of nitrogens with one attached hydrogen (secondary N) is 2. The van der Waals surface area contributed by atoms with Crippen LogP contribution in [0.1, 0.15) is 22.3 Å². The van der Waals surface area contributed by atoms with Gasteiger partial charge in [-0.25, -0.2) is 9.37 Å². The zero-order valence-electron chi connectivity index (χ0n) is 15.4. The number of fused-ring (bicyclic) bond motifs is 4. The van der Waals surface area contributed by atoms with E-state index in [9.17, 15) is 14.6 Å². The zero-order chi connectivity index (χ0) is 20.3. The van der Waals surface area contributed by atoms with E-state index < -0.39 is 5.82 Å². The number of hydrogen-bond acceptors (Lipinski definition) is 8. The number of phenolic OH excluding ortho intramolecular Hbond substituents is 2. The second-order valence-electron chi connectivity index (χ2n) is 7.28. The molecule has 0 atom stereocenters. The number of nitrogens with zero attached hydrogens (tertiary/aromatic N) is 2. The van der Waals surface area contributed by atoms with Gasteiger partial charge in [0.05, 0.1) is 6.20 Å². The van der Waals surface area contributed by atoms with E-state index in [0.717, 1.165) is 22.9 Å². The largest absolute Gasteiger partial charge is 0.507 e. The predicted octanol–water partition coefficient (Wildman–Crippen LogP) is 2.88. The highest BCUT2D eigenvalue weighted by molar-refractivity contribution is 5.77. The van der Waals surface area contributed by atoms with Gasteiger partial charge in [0.15, 0.2) is 11.6 Å². The smallest absolute Gasteiger partial charge is 0.229 e. The number of rotatable bonds is 4. The molecule has 0 saturated heterocycles. The molecule has 5 rings (SSSR count). The summed E-state index contributed by atoms with van der Waals surface area (Å²) in [6.45, 7) is 0. The summed E-state index contributed by atoms with van der Waals surface area (Å²) >= 11 is 0. The van der Waals surface area contributed by atoms with Gasteiger partial charge < -0.3 is 32.3 Å². The average Bonchev–Trinajstić information content (AvgIpc) is 3.14. The molecule has 29 heavy (non-hydrogen) atoms. The lowest BCUT2D eigenvalue weighted by Gasteiger charge is -2.14. The molecule has 4 bridgehead atoms. The van der Waals surface area contributed by atoms with Gasteiger partial charge in [-0.2, -0.15) is 4.98 Å². The third kappa shape index (κ3) is 2.65. The van der Waals surface area contributed by atoms with E-state index in [1.165, 1.54) is 0 Å². The van der Waals surface area contributed by atoms with E-state index in [4.69, 9.17) is 11.5 Å². The molecule has 2 aromatic carbocycles. The monoisotopic (exact) mass is 394 g/mol. The van der Waals surface area contributed by atoms with Crippen LogP contribution in [0.3, 0.4) is 0 Å². The van der Waals surface area contributed by atoms with Crippen LogP contribution in [-0.2, 0) is 25.7 Å². The highest BCUT2D eigenvalue weighted by atomic mass is 19.1. The van der Waals surface area contributed by atoms with Gasteiger partial charge in [-0.15, -0.1) is 0 Å². The van der Waals surface area contributed by atoms with E-state index in [1.807, 2.05) is 0 Å². The second kappa shape index (κ2) is 6.13. The second-order valence-corrected chi connectivity index (χ2v) is 7.28. The van der Waals surface area contributed by atoms with Crippen molar-refractivity contribution in [3.63, 3.8) is 0 Å². The summed E-state index contributed by atoms with van der Waals surface area (Å²) in [5.74, 6) is -0.224. The SMILES string of the molecule is Nc1cc(Nc2ncc(F)c(Nc3cc(N)c4c(O)c3CC4)n2)c2c(O)c1CC2. The molecule has 2 aliphatic carbocycles. The maximum atomic E-state index is 14.4. The first kappa shape index (κ1) is 17.4. The Morgan fingerprint density at radius 3 is 1.93 bits per heavy atom. The fourth-order valence-electron chi connectivity index (χ4n) is 4.07. The molecule has 0 unspecified atom stereocenters. The minimum atomic E-state index is -0.648. The van der Waals surface area contributed by atoms with Crippen molar-refractivity contribution in [2.45, 2.75) is 25.7 Å². The van der Waals surface area contributed by atoms with E-state index in [2.05, 4.69) is 20.6 Å². The van der Waals surface area contributed by atoms with Crippen molar-refractivity contribution >= 4 is 34.5 Å². The Labute approximate surface area is 165 Å². The highest BCUT2D eigenvalue weighted by Gasteiger charge is 2.25. The summed E-state index contributed by atoms with van der Waals surface area (Å²) in [5.41, 5.74) is 16.9. The molecule has 0 radical (unpaired) electrons. The van der Waals surface area contributed by atoms with Gasteiger partial charge in [0.25, 0.3) is 0 Å². The van der Waals surface area contributed by atoms with Crippen LogP contribution in [0.5, 0.6) is 11.5 Å². The van der Waals surface area contributed by atoms with E-state index in [0.29, 0.717) is 54.0 Å². The Morgan fingerprint density at radius 2 is 1.34 bits per heavy atom. The fourth-order valence-corrected chi connectivity index (χ4v) is 4.07. The minimum absolute atomic E-state index is 0.0533. The molecule has 0 amide bonds.